The summed E-state index contributed by atoms with van der Waals surface area (Å²) in [5.41, 5.74) is 11.5. The third-order valence-electron chi connectivity index (χ3n) is 2.66. The number of anilines is 2. The van der Waals surface area contributed by atoms with Crippen LogP contribution >= 0.6 is 0 Å². The maximum atomic E-state index is 13.7. The first-order chi connectivity index (χ1) is 7.20. The predicted octanol–water partition coefficient (Wildman–Crippen LogP) is 1.28. The Bertz CT molecular complexity index is 364. The molecule has 2 rings (SSSR count). The van der Waals surface area contributed by atoms with Crippen LogP contribution in [-0.4, -0.2) is 18.2 Å². The Morgan fingerprint density at radius 2 is 2.27 bits per heavy atom. The monoisotopic (exact) mass is 211 g/mol. The van der Waals surface area contributed by atoms with Crippen molar-refractivity contribution in [3.8, 4) is 0 Å². The molecule has 5 heteroatoms. The van der Waals surface area contributed by atoms with Crippen LogP contribution in [0.3, 0.4) is 0 Å². The molecular weight excluding hydrogens is 197 g/mol. The van der Waals surface area contributed by atoms with Gasteiger partial charge in [-0.25, -0.2) is 4.39 Å². The lowest BCUT2D eigenvalue weighted by molar-refractivity contribution is 0.0782. The molecule has 1 aromatic rings. The molecule has 1 aliphatic rings. The van der Waals surface area contributed by atoms with Crippen molar-refractivity contribution >= 4 is 11.4 Å². The SMILES string of the molecule is Nc1cnc(C2CCCOC2)c(F)c1N. The highest BCUT2D eigenvalue weighted by Gasteiger charge is 2.22. The van der Waals surface area contributed by atoms with Gasteiger partial charge in [0.1, 0.15) is 0 Å². The second-order valence-corrected chi connectivity index (χ2v) is 3.74. The van der Waals surface area contributed by atoms with E-state index < -0.39 is 5.82 Å². The van der Waals surface area contributed by atoms with Gasteiger partial charge >= 0.3 is 0 Å². The number of nitrogen functional groups attached to an aromatic ring is 2. The summed E-state index contributed by atoms with van der Waals surface area (Å²) in [4.78, 5) is 4.00. The van der Waals surface area contributed by atoms with E-state index >= 15 is 0 Å². The summed E-state index contributed by atoms with van der Waals surface area (Å²) in [5, 5.41) is 0. The Hall–Kier alpha value is -1.36. The van der Waals surface area contributed by atoms with Gasteiger partial charge in [-0.2, -0.15) is 0 Å². The second kappa shape index (κ2) is 4.02. The Morgan fingerprint density at radius 3 is 2.93 bits per heavy atom. The maximum absolute atomic E-state index is 13.7. The van der Waals surface area contributed by atoms with Crippen LogP contribution in [-0.2, 0) is 4.74 Å². The average Bonchev–Trinajstić information content (AvgIpc) is 2.27. The first-order valence-corrected chi connectivity index (χ1v) is 4.97. The number of nitrogens with zero attached hydrogens (tertiary/aromatic N) is 1. The van der Waals surface area contributed by atoms with Crippen molar-refractivity contribution in [2.24, 2.45) is 0 Å². The fourth-order valence-electron chi connectivity index (χ4n) is 1.77. The molecule has 0 aromatic carbocycles. The normalized spacial score (nSPS) is 21.5. The summed E-state index contributed by atoms with van der Waals surface area (Å²) in [7, 11) is 0. The Labute approximate surface area is 87.4 Å². The smallest absolute Gasteiger partial charge is 0.170 e. The molecule has 4 N–H and O–H groups in total. The number of nitrogens with two attached hydrogens (primary N) is 2. The van der Waals surface area contributed by atoms with Crippen LogP contribution in [0.15, 0.2) is 6.20 Å². The molecule has 0 saturated carbocycles. The van der Waals surface area contributed by atoms with Gasteiger partial charge in [-0.15, -0.1) is 0 Å². The number of pyridine rings is 1. The predicted molar refractivity (Wildman–Crippen MR) is 55.8 cm³/mol. The van der Waals surface area contributed by atoms with E-state index in [-0.39, 0.29) is 17.3 Å². The Morgan fingerprint density at radius 1 is 1.47 bits per heavy atom. The van der Waals surface area contributed by atoms with Gasteiger partial charge in [0.15, 0.2) is 5.82 Å². The summed E-state index contributed by atoms with van der Waals surface area (Å²) in [6.07, 6.45) is 3.21. The van der Waals surface area contributed by atoms with Gasteiger partial charge in [0.05, 0.1) is 29.9 Å². The minimum absolute atomic E-state index is 0.00153. The van der Waals surface area contributed by atoms with Crippen LogP contribution in [0.1, 0.15) is 24.5 Å². The van der Waals surface area contributed by atoms with Crippen LogP contribution in [0.5, 0.6) is 0 Å². The zero-order chi connectivity index (χ0) is 10.8. The van der Waals surface area contributed by atoms with Crippen molar-refractivity contribution in [2.45, 2.75) is 18.8 Å². The molecule has 0 aliphatic carbocycles. The van der Waals surface area contributed by atoms with E-state index in [4.69, 9.17) is 16.2 Å². The quantitative estimate of drug-likeness (QED) is 0.733. The van der Waals surface area contributed by atoms with Crippen LogP contribution in [0, 0.1) is 5.82 Å². The van der Waals surface area contributed by atoms with E-state index in [1.54, 1.807) is 0 Å². The van der Waals surface area contributed by atoms with E-state index in [1.807, 2.05) is 0 Å². The zero-order valence-corrected chi connectivity index (χ0v) is 8.37. The lowest BCUT2D eigenvalue weighted by Crippen LogP contribution is -2.18. The molecule has 1 unspecified atom stereocenters. The topological polar surface area (TPSA) is 74.2 Å². The number of rotatable bonds is 1. The van der Waals surface area contributed by atoms with E-state index in [1.165, 1.54) is 6.20 Å². The molecule has 0 bridgehead atoms. The lowest BCUT2D eigenvalue weighted by Gasteiger charge is -2.22. The highest BCUT2D eigenvalue weighted by molar-refractivity contribution is 5.63. The van der Waals surface area contributed by atoms with Crippen LogP contribution in [0.4, 0.5) is 15.8 Å². The van der Waals surface area contributed by atoms with E-state index in [0.717, 1.165) is 19.4 Å². The van der Waals surface area contributed by atoms with Gasteiger partial charge in [-0.1, -0.05) is 0 Å². The lowest BCUT2D eigenvalue weighted by atomic mass is 9.97. The molecule has 82 valence electrons. The number of ether oxygens (including phenoxy) is 1. The van der Waals surface area contributed by atoms with Gasteiger partial charge in [0.25, 0.3) is 0 Å². The molecule has 4 nitrogen and oxygen atoms in total. The fourth-order valence-corrected chi connectivity index (χ4v) is 1.77. The fraction of sp³-hybridized carbons (Fsp3) is 0.500. The summed E-state index contributed by atoms with van der Waals surface area (Å²) in [6.45, 7) is 1.25. The molecular formula is C10H14FN3O. The van der Waals surface area contributed by atoms with E-state index in [2.05, 4.69) is 4.98 Å². The van der Waals surface area contributed by atoms with Crippen molar-refractivity contribution in [3.63, 3.8) is 0 Å². The first kappa shape index (κ1) is 10.2. The molecule has 0 spiro atoms. The Balaban J connectivity index is 2.31. The maximum Gasteiger partial charge on any atom is 0.170 e. The number of halogens is 1. The van der Waals surface area contributed by atoms with Crippen LogP contribution in [0.25, 0.3) is 0 Å². The minimum Gasteiger partial charge on any atom is -0.396 e. The molecule has 2 heterocycles. The molecule has 1 aromatic heterocycles. The largest absolute Gasteiger partial charge is 0.396 e. The van der Waals surface area contributed by atoms with Crippen LogP contribution in [0.2, 0.25) is 0 Å². The van der Waals surface area contributed by atoms with Gasteiger partial charge in [-0.3, -0.25) is 4.98 Å². The number of aromatic nitrogens is 1. The highest BCUT2D eigenvalue weighted by atomic mass is 19.1. The minimum atomic E-state index is -0.495. The van der Waals surface area contributed by atoms with Crippen molar-refractivity contribution < 1.29 is 9.13 Å². The van der Waals surface area contributed by atoms with Gasteiger partial charge in [0, 0.05) is 12.5 Å². The van der Waals surface area contributed by atoms with Crippen molar-refractivity contribution in [1.29, 1.82) is 0 Å². The average molecular weight is 211 g/mol. The van der Waals surface area contributed by atoms with Crippen molar-refractivity contribution in [1.82, 2.24) is 4.98 Å². The molecule has 1 saturated heterocycles. The third-order valence-corrected chi connectivity index (χ3v) is 2.66. The number of hydrogen-bond donors (Lipinski definition) is 2. The summed E-state index contributed by atoms with van der Waals surface area (Å²) in [6, 6.07) is 0. The Kier molecular flexibility index (Phi) is 2.73. The molecule has 1 aliphatic heterocycles. The number of hydrogen-bond acceptors (Lipinski definition) is 4. The van der Waals surface area contributed by atoms with Gasteiger partial charge < -0.3 is 16.2 Å². The second-order valence-electron chi connectivity index (χ2n) is 3.74. The van der Waals surface area contributed by atoms with Gasteiger partial charge in [-0.05, 0) is 12.8 Å². The summed E-state index contributed by atoms with van der Waals surface area (Å²) < 4.78 is 19.0. The molecule has 0 radical (unpaired) electrons. The molecule has 1 atom stereocenters. The van der Waals surface area contributed by atoms with E-state index in [9.17, 15) is 4.39 Å². The summed E-state index contributed by atoms with van der Waals surface area (Å²) in [5.74, 6) is -0.493. The van der Waals surface area contributed by atoms with Crippen LogP contribution < -0.4 is 11.5 Å². The van der Waals surface area contributed by atoms with Crippen molar-refractivity contribution in [2.75, 3.05) is 24.7 Å². The standard InChI is InChI=1S/C10H14FN3O/c11-8-9(13)7(12)4-14-10(8)6-2-1-3-15-5-6/h4,6H,1-3,5,12H2,(H2,13,14). The molecule has 1 fully saturated rings. The third kappa shape index (κ3) is 1.87. The summed E-state index contributed by atoms with van der Waals surface area (Å²) >= 11 is 0. The highest BCUT2D eigenvalue weighted by Crippen LogP contribution is 2.29. The molecule has 0 amide bonds. The van der Waals surface area contributed by atoms with Gasteiger partial charge in [0.2, 0.25) is 0 Å². The van der Waals surface area contributed by atoms with Crippen molar-refractivity contribution in [3.05, 3.63) is 17.7 Å². The first-order valence-electron chi connectivity index (χ1n) is 4.97. The molecule has 15 heavy (non-hydrogen) atoms. The zero-order valence-electron chi connectivity index (χ0n) is 8.37. The van der Waals surface area contributed by atoms with E-state index in [0.29, 0.717) is 12.3 Å².